The van der Waals surface area contributed by atoms with Crippen LogP contribution in [0.5, 0.6) is 5.75 Å². The van der Waals surface area contributed by atoms with Gasteiger partial charge in [-0.25, -0.2) is 4.39 Å². The normalized spacial score (nSPS) is 16.6. The Kier molecular flexibility index (Phi) is 5.85. The van der Waals surface area contributed by atoms with Gasteiger partial charge in [-0.3, -0.25) is 9.59 Å². The van der Waals surface area contributed by atoms with Gasteiger partial charge in [0.25, 0.3) is 5.56 Å². The Morgan fingerprint density at radius 1 is 1.33 bits per heavy atom. The molecule has 2 heterocycles. The number of halogens is 2. The third-order valence-electron chi connectivity index (χ3n) is 4.89. The number of rotatable bonds is 5. The highest BCUT2D eigenvalue weighted by atomic mass is 35.5. The lowest BCUT2D eigenvalue weighted by molar-refractivity contribution is -0.130. The molecule has 0 radical (unpaired) electrons. The molecule has 27 heavy (non-hydrogen) atoms. The fraction of sp³-hybridized carbons (Fsp3) is 0.400. The van der Waals surface area contributed by atoms with Crippen molar-refractivity contribution in [1.82, 2.24) is 9.47 Å². The average molecular weight is 393 g/mol. The van der Waals surface area contributed by atoms with Gasteiger partial charge in [0.15, 0.2) is 0 Å². The van der Waals surface area contributed by atoms with Crippen LogP contribution in [0.25, 0.3) is 0 Å². The molecule has 1 atom stereocenters. The van der Waals surface area contributed by atoms with Crippen molar-refractivity contribution in [1.29, 1.82) is 0 Å². The third kappa shape index (κ3) is 4.69. The predicted octanol–water partition coefficient (Wildman–Crippen LogP) is 3.10. The van der Waals surface area contributed by atoms with Gasteiger partial charge in [0.2, 0.25) is 5.91 Å². The Balaban J connectivity index is 1.53. The zero-order valence-corrected chi connectivity index (χ0v) is 16.1. The molecule has 0 aliphatic carbocycles. The summed E-state index contributed by atoms with van der Waals surface area (Å²) in [5.74, 6) is 0.0729. The van der Waals surface area contributed by atoms with E-state index < -0.39 is 5.82 Å². The predicted molar refractivity (Wildman–Crippen MR) is 102 cm³/mol. The molecule has 0 spiro atoms. The van der Waals surface area contributed by atoms with Crippen molar-refractivity contribution in [3.05, 3.63) is 62.8 Å². The van der Waals surface area contributed by atoms with Crippen LogP contribution in [0.4, 0.5) is 4.39 Å². The summed E-state index contributed by atoms with van der Waals surface area (Å²) in [5, 5.41) is 0.0792. The summed E-state index contributed by atoms with van der Waals surface area (Å²) in [7, 11) is 1.71. The average Bonchev–Trinajstić information content (AvgIpc) is 3.09. The van der Waals surface area contributed by atoms with Crippen LogP contribution >= 0.6 is 11.6 Å². The van der Waals surface area contributed by atoms with Gasteiger partial charge in [-0.05, 0) is 37.1 Å². The maximum Gasteiger partial charge on any atom is 0.254 e. The zero-order valence-electron chi connectivity index (χ0n) is 15.4. The molecule has 0 saturated carbocycles. The number of ether oxygens (including phenoxy) is 1. The van der Waals surface area contributed by atoms with Gasteiger partial charge >= 0.3 is 0 Å². The highest BCUT2D eigenvalue weighted by Gasteiger charge is 2.27. The molecule has 1 unspecified atom stereocenters. The molecule has 1 aromatic carbocycles. The Morgan fingerprint density at radius 2 is 2.11 bits per heavy atom. The first-order chi connectivity index (χ1) is 12.8. The second kappa shape index (κ2) is 8.13. The van der Waals surface area contributed by atoms with Crippen LogP contribution in [0.15, 0.2) is 35.1 Å². The molecule has 7 heteroatoms. The summed E-state index contributed by atoms with van der Waals surface area (Å²) < 4.78 is 20.9. The minimum atomic E-state index is -0.472. The van der Waals surface area contributed by atoms with Crippen molar-refractivity contribution in [2.75, 3.05) is 13.1 Å². The van der Waals surface area contributed by atoms with Crippen LogP contribution < -0.4 is 10.3 Å². The second-order valence-corrected chi connectivity index (χ2v) is 7.25. The van der Waals surface area contributed by atoms with Crippen molar-refractivity contribution in [2.24, 2.45) is 7.05 Å². The van der Waals surface area contributed by atoms with Crippen LogP contribution in [0.1, 0.15) is 24.1 Å². The van der Waals surface area contributed by atoms with Gasteiger partial charge in [-0.1, -0.05) is 17.7 Å². The summed E-state index contributed by atoms with van der Waals surface area (Å²) >= 11 is 5.67. The maximum atomic E-state index is 13.5. The molecule has 1 aliphatic heterocycles. The standard InChI is InChI=1S/C20H22ClFN2O3/c1-13-9-16(11-20(26)23(13)2)27-15-7-8-24(12-15)19(25)6-4-14-3-5-17(21)18(22)10-14/h3,5,9-11,15H,4,6-8,12H2,1-2H3. The van der Waals surface area contributed by atoms with Gasteiger partial charge < -0.3 is 14.2 Å². The molecule has 2 aromatic rings. The lowest BCUT2D eigenvalue weighted by atomic mass is 10.1. The molecule has 1 amide bonds. The Hall–Kier alpha value is -2.34. The summed E-state index contributed by atoms with van der Waals surface area (Å²) in [6.07, 6.45) is 1.35. The Bertz CT molecular complexity index is 913. The Morgan fingerprint density at radius 3 is 2.81 bits per heavy atom. The first kappa shape index (κ1) is 19.4. The fourth-order valence-corrected chi connectivity index (χ4v) is 3.27. The van der Waals surface area contributed by atoms with Gasteiger partial charge in [-0.15, -0.1) is 0 Å². The number of hydrogen-bond acceptors (Lipinski definition) is 3. The second-order valence-electron chi connectivity index (χ2n) is 6.85. The number of likely N-dealkylation sites (tertiary alicyclic amines) is 1. The van der Waals surface area contributed by atoms with Crippen molar-refractivity contribution in [3.63, 3.8) is 0 Å². The third-order valence-corrected chi connectivity index (χ3v) is 5.20. The van der Waals surface area contributed by atoms with Crippen molar-refractivity contribution in [2.45, 2.75) is 32.3 Å². The highest BCUT2D eigenvalue weighted by molar-refractivity contribution is 6.30. The zero-order chi connectivity index (χ0) is 19.6. The van der Waals surface area contributed by atoms with Crippen molar-refractivity contribution < 1.29 is 13.9 Å². The first-order valence-electron chi connectivity index (χ1n) is 8.89. The summed E-state index contributed by atoms with van der Waals surface area (Å²) in [4.78, 5) is 26.0. The van der Waals surface area contributed by atoms with Crippen LogP contribution in [-0.2, 0) is 18.3 Å². The van der Waals surface area contributed by atoms with E-state index in [1.807, 2.05) is 13.0 Å². The van der Waals surface area contributed by atoms with Crippen molar-refractivity contribution in [3.8, 4) is 5.75 Å². The number of carbonyl (C=O) groups is 1. The number of aryl methyl sites for hydroxylation is 2. The van der Waals surface area contributed by atoms with E-state index in [1.165, 1.54) is 18.2 Å². The molecule has 1 fully saturated rings. The van der Waals surface area contributed by atoms with Crippen LogP contribution in [0.2, 0.25) is 5.02 Å². The molecule has 144 valence electrons. The van der Waals surface area contributed by atoms with Gasteiger partial charge in [0, 0.05) is 38.2 Å². The first-order valence-corrected chi connectivity index (χ1v) is 9.27. The minimum Gasteiger partial charge on any atom is -0.488 e. The van der Waals surface area contributed by atoms with Crippen molar-refractivity contribution >= 4 is 17.5 Å². The van der Waals surface area contributed by atoms with Gasteiger partial charge in [0.1, 0.15) is 17.7 Å². The SMILES string of the molecule is Cc1cc(OC2CCN(C(=O)CCc3ccc(Cl)c(F)c3)C2)cc(=O)n1C. The fourth-order valence-electron chi connectivity index (χ4n) is 3.15. The molecule has 1 saturated heterocycles. The number of carbonyl (C=O) groups excluding carboxylic acids is 1. The van der Waals surface area contributed by atoms with E-state index in [9.17, 15) is 14.0 Å². The molecular weight excluding hydrogens is 371 g/mol. The number of pyridine rings is 1. The largest absolute Gasteiger partial charge is 0.488 e. The molecule has 1 aromatic heterocycles. The minimum absolute atomic E-state index is 0.0108. The van der Waals surface area contributed by atoms with E-state index in [0.29, 0.717) is 31.7 Å². The van der Waals surface area contributed by atoms with Crippen LogP contribution in [0.3, 0.4) is 0 Å². The van der Waals surface area contributed by atoms with E-state index in [1.54, 1.807) is 22.6 Å². The van der Waals surface area contributed by atoms with E-state index in [4.69, 9.17) is 16.3 Å². The van der Waals surface area contributed by atoms with Gasteiger partial charge in [-0.2, -0.15) is 0 Å². The van der Waals surface area contributed by atoms with E-state index in [0.717, 1.165) is 17.7 Å². The molecule has 0 bridgehead atoms. The number of aromatic nitrogens is 1. The van der Waals surface area contributed by atoms with Crippen LogP contribution in [0, 0.1) is 12.7 Å². The van der Waals surface area contributed by atoms with Gasteiger partial charge in [0.05, 0.1) is 11.6 Å². The Labute approximate surface area is 162 Å². The van der Waals surface area contributed by atoms with E-state index in [2.05, 4.69) is 0 Å². The smallest absolute Gasteiger partial charge is 0.254 e. The summed E-state index contributed by atoms with van der Waals surface area (Å²) in [5.41, 5.74) is 1.44. The number of amides is 1. The van der Waals surface area contributed by atoms with E-state index in [-0.39, 0.29) is 22.6 Å². The van der Waals surface area contributed by atoms with E-state index >= 15 is 0 Å². The maximum absolute atomic E-state index is 13.5. The quantitative estimate of drug-likeness (QED) is 0.785. The number of nitrogens with zero attached hydrogens (tertiary/aromatic N) is 2. The molecule has 3 rings (SSSR count). The number of benzene rings is 1. The van der Waals surface area contributed by atoms with Crippen LogP contribution in [-0.4, -0.2) is 34.6 Å². The lowest BCUT2D eigenvalue weighted by Crippen LogP contribution is -2.31. The monoisotopic (exact) mass is 392 g/mol. The topological polar surface area (TPSA) is 51.5 Å². The summed E-state index contributed by atoms with van der Waals surface area (Å²) in [6.45, 7) is 2.95. The molecule has 5 nitrogen and oxygen atoms in total. The summed E-state index contributed by atoms with van der Waals surface area (Å²) in [6, 6.07) is 7.88. The number of hydrogen-bond donors (Lipinski definition) is 0. The lowest BCUT2D eigenvalue weighted by Gasteiger charge is -2.18. The molecular formula is C20H22ClFN2O3. The molecule has 0 N–H and O–H groups in total. The highest BCUT2D eigenvalue weighted by Crippen LogP contribution is 2.20. The molecule has 1 aliphatic rings.